The highest BCUT2D eigenvalue weighted by Crippen LogP contribution is 2.32. The summed E-state index contributed by atoms with van der Waals surface area (Å²) < 4.78 is 13.0. The van der Waals surface area contributed by atoms with Crippen LogP contribution in [0, 0.1) is 5.82 Å². The molecule has 1 fully saturated rings. The maximum Gasteiger partial charge on any atom is 0.223 e. The number of carbonyl (C=O) groups is 2. The van der Waals surface area contributed by atoms with E-state index >= 15 is 0 Å². The molecule has 2 aromatic carbocycles. The van der Waals surface area contributed by atoms with Crippen LogP contribution in [0.5, 0.6) is 0 Å². The number of likely N-dealkylation sites (tertiary alicyclic amines) is 1. The summed E-state index contributed by atoms with van der Waals surface area (Å²) in [5, 5.41) is 0. The molecule has 6 heteroatoms. The van der Waals surface area contributed by atoms with Gasteiger partial charge in [0.25, 0.3) is 0 Å². The first kappa shape index (κ1) is 17.4. The average molecular weight is 365 g/mol. The van der Waals surface area contributed by atoms with E-state index in [4.69, 9.17) is 0 Å². The van der Waals surface area contributed by atoms with Crippen molar-refractivity contribution < 1.29 is 14.0 Å². The summed E-state index contributed by atoms with van der Waals surface area (Å²) in [7, 11) is 0. The number of halogens is 1. The maximum absolute atomic E-state index is 13.0. The Kier molecular flexibility index (Phi) is 4.71. The predicted molar refractivity (Wildman–Crippen MR) is 99.7 cm³/mol. The van der Waals surface area contributed by atoms with Crippen molar-refractivity contribution >= 4 is 22.7 Å². The van der Waals surface area contributed by atoms with Crippen LogP contribution in [0.2, 0.25) is 0 Å². The Morgan fingerprint density at radius 2 is 1.89 bits per heavy atom. The lowest BCUT2D eigenvalue weighted by Crippen LogP contribution is -2.31. The Morgan fingerprint density at radius 3 is 2.67 bits per heavy atom. The number of nitrogens with zero attached hydrogens (tertiary/aromatic N) is 2. The van der Waals surface area contributed by atoms with Crippen molar-refractivity contribution in [1.82, 2.24) is 14.9 Å². The molecule has 4 rings (SSSR count). The topological polar surface area (TPSA) is 66.1 Å². The normalized spacial score (nSPS) is 16.8. The Bertz CT molecular complexity index is 948. The van der Waals surface area contributed by atoms with E-state index in [-0.39, 0.29) is 36.4 Å². The summed E-state index contributed by atoms with van der Waals surface area (Å²) in [5.41, 5.74) is 2.27. The Balaban J connectivity index is 1.43. The van der Waals surface area contributed by atoms with E-state index in [1.807, 2.05) is 29.2 Å². The van der Waals surface area contributed by atoms with Crippen molar-refractivity contribution in [2.75, 3.05) is 6.54 Å². The zero-order chi connectivity index (χ0) is 18.8. The highest BCUT2D eigenvalue weighted by atomic mass is 19.1. The summed E-state index contributed by atoms with van der Waals surface area (Å²) in [6.45, 7) is 0.672. The monoisotopic (exact) mass is 365 g/mol. The van der Waals surface area contributed by atoms with Crippen LogP contribution >= 0.6 is 0 Å². The molecule has 3 aromatic rings. The van der Waals surface area contributed by atoms with E-state index in [2.05, 4.69) is 9.97 Å². The molecule has 0 bridgehead atoms. The lowest BCUT2D eigenvalue weighted by atomic mass is 10.1. The van der Waals surface area contributed by atoms with Gasteiger partial charge in [-0.05, 0) is 49.2 Å². The molecule has 0 radical (unpaired) electrons. The van der Waals surface area contributed by atoms with E-state index in [0.29, 0.717) is 12.1 Å². The highest BCUT2D eigenvalue weighted by molar-refractivity contribution is 5.98. The predicted octanol–water partition coefficient (Wildman–Crippen LogP) is 4.03. The summed E-state index contributed by atoms with van der Waals surface area (Å²) in [5.74, 6) is 0.219. The molecule has 0 aliphatic carbocycles. The molecule has 1 amide bonds. The number of aromatic amines is 1. The minimum atomic E-state index is -0.381. The van der Waals surface area contributed by atoms with Crippen molar-refractivity contribution in [2.45, 2.75) is 31.7 Å². The highest BCUT2D eigenvalue weighted by Gasteiger charge is 2.32. The quantitative estimate of drug-likeness (QED) is 0.694. The minimum Gasteiger partial charge on any atom is -0.340 e. The Hall–Kier alpha value is -3.02. The summed E-state index contributed by atoms with van der Waals surface area (Å²) in [6.07, 6.45) is 2.04. The number of para-hydroxylation sites is 2. The van der Waals surface area contributed by atoms with Gasteiger partial charge in [-0.3, -0.25) is 9.59 Å². The van der Waals surface area contributed by atoms with E-state index in [1.54, 1.807) is 0 Å². The molecule has 1 saturated heterocycles. The van der Waals surface area contributed by atoms with Gasteiger partial charge in [-0.1, -0.05) is 12.1 Å². The van der Waals surface area contributed by atoms with Crippen molar-refractivity contribution in [3.05, 3.63) is 65.7 Å². The number of hydrogen-bond acceptors (Lipinski definition) is 3. The van der Waals surface area contributed by atoms with Crippen LogP contribution in [-0.2, 0) is 4.79 Å². The number of Topliss-reactive ketones (excluding diaryl/α,β-unsaturated/α-hetero) is 1. The molecule has 2 heterocycles. The molecular weight excluding hydrogens is 345 g/mol. The first-order chi connectivity index (χ1) is 13.1. The lowest BCUT2D eigenvalue weighted by Gasteiger charge is -2.23. The molecule has 0 spiro atoms. The number of ketones is 1. The van der Waals surface area contributed by atoms with Gasteiger partial charge in [0, 0.05) is 24.9 Å². The zero-order valence-corrected chi connectivity index (χ0v) is 14.8. The Morgan fingerprint density at radius 1 is 1.11 bits per heavy atom. The van der Waals surface area contributed by atoms with Crippen LogP contribution in [0.1, 0.15) is 47.9 Å². The smallest absolute Gasteiger partial charge is 0.223 e. The fourth-order valence-electron chi connectivity index (χ4n) is 3.62. The number of hydrogen-bond donors (Lipinski definition) is 1. The van der Waals surface area contributed by atoms with Gasteiger partial charge in [-0.25, -0.2) is 9.37 Å². The average Bonchev–Trinajstić information content (AvgIpc) is 3.32. The van der Waals surface area contributed by atoms with Crippen molar-refractivity contribution in [3.8, 4) is 0 Å². The number of H-pyrrole nitrogens is 1. The number of benzene rings is 2. The molecule has 1 aliphatic rings. The van der Waals surface area contributed by atoms with Crippen LogP contribution in [-0.4, -0.2) is 33.1 Å². The third-order valence-electron chi connectivity index (χ3n) is 5.03. The number of amides is 1. The number of imidazole rings is 1. The van der Waals surface area contributed by atoms with E-state index in [9.17, 15) is 14.0 Å². The molecular formula is C21H20FN3O2. The first-order valence-electron chi connectivity index (χ1n) is 9.15. The standard InChI is InChI=1S/C21H20FN3O2/c22-15-9-7-14(8-10-15)19(26)11-12-20(27)25-13-3-6-18(25)21-23-16-4-1-2-5-17(16)24-21/h1-2,4-5,7-10,18H,3,6,11-13H2,(H,23,24). The summed E-state index contributed by atoms with van der Waals surface area (Å²) in [4.78, 5) is 34.7. The van der Waals surface area contributed by atoms with Crippen LogP contribution in [0.15, 0.2) is 48.5 Å². The maximum atomic E-state index is 13.0. The molecule has 1 unspecified atom stereocenters. The first-order valence-corrected chi connectivity index (χ1v) is 9.15. The molecule has 1 N–H and O–H groups in total. The van der Waals surface area contributed by atoms with E-state index < -0.39 is 0 Å². The van der Waals surface area contributed by atoms with Crippen LogP contribution in [0.25, 0.3) is 11.0 Å². The third-order valence-corrected chi connectivity index (χ3v) is 5.03. The van der Waals surface area contributed by atoms with Gasteiger partial charge < -0.3 is 9.88 Å². The lowest BCUT2D eigenvalue weighted by molar-refractivity contribution is -0.132. The fraction of sp³-hybridized carbons (Fsp3) is 0.286. The van der Waals surface area contributed by atoms with Gasteiger partial charge in [0.2, 0.25) is 5.91 Å². The van der Waals surface area contributed by atoms with Gasteiger partial charge in [0.05, 0.1) is 17.1 Å². The van der Waals surface area contributed by atoms with Crippen molar-refractivity contribution in [2.24, 2.45) is 0 Å². The molecule has 138 valence electrons. The van der Waals surface area contributed by atoms with Gasteiger partial charge in [-0.2, -0.15) is 0 Å². The van der Waals surface area contributed by atoms with Gasteiger partial charge in [-0.15, -0.1) is 0 Å². The SMILES string of the molecule is O=C(CCC(=O)N1CCCC1c1nc2ccccc2[nH]1)c1ccc(F)cc1. The van der Waals surface area contributed by atoms with Gasteiger partial charge >= 0.3 is 0 Å². The summed E-state index contributed by atoms with van der Waals surface area (Å²) in [6, 6.07) is 13.1. The number of nitrogens with one attached hydrogen (secondary N) is 1. The van der Waals surface area contributed by atoms with Gasteiger partial charge in [0.1, 0.15) is 11.6 Å². The zero-order valence-electron chi connectivity index (χ0n) is 14.8. The third kappa shape index (κ3) is 3.60. The molecule has 1 atom stereocenters. The van der Waals surface area contributed by atoms with Crippen LogP contribution < -0.4 is 0 Å². The largest absolute Gasteiger partial charge is 0.340 e. The number of fused-ring (bicyclic) bond motifs is 1. The molecule has 1 aliphatic heterocycles. The minimum absolute atomic E-state index is 0.0478. The van der Waals surface area contributed by atoms with Crippen molar-refractivity contribution in [3.63, 3.8) is 0 Å². The number of carbonyl (C=O) groups excluding carboxylic acids is 2. The molecule has 5 nitrogen and oxygen atoms in total. The second kappa shape index (κ2) is 7.31. The second-order valence-corrected chi connectivity index (χ2v) is 6.81. The van der Waals surface area contributed by atoms with E-state index in [0.717, 1.165) is 29.7 Å². The van der Waals surface area contributed by atoms with Crippen molar-refractivity contribution in [1.29, 1.82) is 0 Å². The molecule has 0 saturated carbocycles. The molecule has 27 heavy (non-hydrogen) atoms. The number of rotatable bonds is 5. The molecule has 1 aromatic heterocycles. The van der Waals surface area contributed by atoms with E-state index in [1.165, 1.54) is 24.3 Å². The number of aromatic nitrogens is 2. The summed E-state index contributed by atoms with van der Waals surface area (Å²) >= 11 is 0. The fourth-order valence-corrected chi connectivity index (χ4v) is 3.62. The Labute approximate surface area is 156 Å². The second-order valence-electron chi connectivity index (χ2n) is 6.81. The van der Waals surface area contributed by atoms with Crippen LogP contribution in [0.3, 0.4) is 0 Å². The van der Waals surface area contributed by atoms with Gasteiger partial charge in [0.15, 0.2) is 5.78 Å². The van der Waals surface area contributed by atoms with Crippen LogP contribution in [0.4, 0.5) is 4.39 Å².